The molecular formula is C26H21Br3N4O4. The smallest absolute Gasteiger partial charge is 0.311 e. The predicted molar refractivity (Wildman–Crippen MR) is 155 cm³/mol. The van der Waals surface area contributed by atoms with Gasteiger partial charge in [0.2, 0.25) is 5.75 Å². The zero-order valence-electron chi connectivity index (χ0n) is 19.8. The predicted octanol–water partition coefficient (Wildman–Crippen LogP) is 7.57. The van der Waals surface area contributed by atoms with Crippen LogP contribution >= 0.6 is 47.8 Å². The van der Waals surface area contributed by atoms with Crippen molar-refractivity contribution in [1.82, 2.24) is 9.66 Å². The van der Waals surface area contributed by atoms with Gasteiger partial charge in [0.1, 0.15) is 12.4 Å². The van der Waals surface area contributed by atoms with Crippen molar-refractivity contribution in [3.63, 3.8) is 0 Å². The fraction of sp³-hybridized carbons (Fsp3) is 0.192. The van der Waals surface area contributed by atoms with Crippen LogP contribution in [0.3, 0.4) is 0 Å². The van der Waals surface area contributed by atoms with Gasteiger partial charge in [-0.2, -0.15) is 9.78 Å². The van der Waals surface area contributed by atoms with Crippen LogP contribution in [-0.2, 0) is 6.61 Å². The Kier molecular flexibility index (Phi) is 8.56. The highest BCUT2D eigenvalue weighted by atomic mass is 79.9. The average molecular weight is 693 g/mol. The molecule has 0 amide bonds. The van der Waals surface area contributed by atoms with Crippen molar-refractivity contribution in [2.24, 2.45) is 5.10 Å². The molecule has 0 unspecified atom stereocenters. The minimum absolute atomic E-state index is 0.0477. The van der Waals surface area contributed by atoms with Crippen molar-refractivity contribution in [2.75, 3.05) is 0 Å². The summed E-state index contributed by atoms with van der Waals surface area (Å²) in [4.78, 5) is 29.4. The van der Waals surface area contributed by atoms with Crippen molar-refractivity contribution in [3.8, 4) is 5.75 Å². The van der Waals surface area contributed by atoms with Crippen LogP contribution in [0.5, 0.6) is 5.75 Å². The average Bonchev–Trinajstić information content (AvgIpc) is 2.87. The van der Waals surface area contributed by atoms with Crippen LogP contribution in [0.15, 0.2) is 77.9 Å². The van der Waals surface area contributed by atoms with Gasteiger partial charge in [-0.05, 0) is 42.8 Å². The maximum Gasteiger partial charge on any atom is 0.311 e. The first-order chi connectivity index (χ1) is 17.7. The van der Waals surface area contributed by atoms with E-state index in [1.54, 1.807) is 24.3 Å². The summed E-state index contributed by atoms with van der Waals surface area (Å²) < 4.78 is 9.65. The molecule has 1 atom stereocenters. The fourth-order valence-corrected chi connectivity index (χ4v) is 5.16. The first kappa shape index (κ1) is 27.2. The van der Waals surface area contributed by atoms with Gasteiger partial charge in [0.05, 0.1) is 22.0 Å². The van der Waals surface area contributed by atoms with Gasteiger partial charge in [-0.15, -0.1) is 0 Å². The molecule has 0 bridgehead atoms. The zero-order chi connectivity index (χ0) is 26.7. The minimum atomic E-state index is -0.505. The molecule has 190 valence electrons. The first-order valence-electron chi connectivity index (χ1n) is 11.3. The largest absolute Gasteiger partial charge is 0.481 e. The lowest BCUT2D eigenvalue weighted by atomic mass is 10.1. The maximum absolute atomic E-state index is 13.4. The third-order valence-electron chi connectivity index (χ3n) is 5.81. The number of benzene rings is 3. The second-order valence-corrected chi connectivity index (χ2v) is 11.0. The van der Waals surface area contributed by atoms with E-state index in [9.17, 15) is 14.9 Å². The van der Waals surface area contributed by atoms with Crippen LogP contribution in [0.1, 0.15) is 43.1 Å². The van der Waals surface area contributed by atoms with Crippen molar-refractivity contribution in [1.29, 1.82) is 0 Å². The number of nitro groups is 1. The highest BCUT2D eigenvalue weighted by Gasteiger charge is 2.20. The number of nitrogens with zero attached hydrogens (tertiary/aromatic N) is 4. The van der Waals surface area contributed by atoms with Crippen LogP contribution in [0.4, 0.5) is 5.69 Å². The van der Waals surface area contributed by atoms with Crippen LogP contribution in [0.25, 0.3) is 10.9 Å². The van der Waals surface area contributed by atoms with Crippen molar-refractivity contribution < 1.29 is 9.66 Å². The lowest BCUT2D eigenvalue weighted by Gasteiger charge is -2.14. The van der Waals surface area contributed by atoms with Crippen LogP contribution in [0.2, 0.25) is 0 Å². The molecule has 0 N–H and O–H groups in total. The molecule has 4 rings (SSSR count). The number of fused-ring (bicyclic) bond motifs is 1. The number of halogens is 3. The molecule has 37 heavy (non-hydrogen) atoms. The Labute approximate surface area is 237 Å². The van der Waals surface area contributed by atoms with Crippen LogP contribution in [-0.4, -0.2) is 20.8 Å². The number of para-hydroxylation sites is 1. The summed E-state index contributed by atoms with van der Waals surface area (Å²) in [5, 5.41) is 16.6. The molecule has 0 saturated heterocycles. The molecule has 4 aromatic rings. The van der Waals surface area contributed by atoms with Gasteiger partial charge in [-0.25, -0.2) is 4.98 Å². The number of rotatable bonds is 8. The van der Waals surface area contributed by atoms with Gasteiger partial charge in [0, 0.05) is 36.5 Å². The van der Waals surface area contributed by atoms with Gasteiger partial charge >= 0.3 is 5.69 Å². The summed E-state index contributed by atoms with van der Waals surface area (Å²) in [5.41, 5.74) is 1.22. The molecule has 0 aliphatic carbocycles. The minimum Gasteiger partial charge on any atom is -0.481 e. The first-order valence-corrected chi connectivity index (χ1v) is 13.7. The zero-order valence-corrected chi connectivity index (χ0v) is 24.6. The number of ether oxygens (including phenoxy) is 1. The highest BCUT2D eigenvalue weighted by Crippen LogP contribution is 2.32. The highest BCUT2D eigenvalue weighted by molar-refractivity contribution is 9.11. The molecule has 3 aromatic carbocycles. The van der Waals surface area contributed by atoms with Gasteiger partial charge in [0.25, 0.3) is 5.56 Å². The monoisotopic (exact) mass is 690 g/mol. The molecule has 1 heterocycles. The van der Waals surface area contributed by atoms with Crippen molar-refractivity contribution in [2.45, 2.75) is 32.8 Å². The summed E-state index contributed by atoms with van der Waals surface area (Å²) in [6.45, 7) is 4.06. The van der Waals surface area contributed by atoms with E-state index < -0.39 is 4.92 Å². The normalized spacial score (nSPS) is 12.2. The Morgan fingerprint density at radius 3 is 2.57 bits per heavy atom. The van der Waals surface area contributed by atoms with Crippen LogP contribution < -0.4 is 10.3 Å². The van der Waals surface area contributed by atoms with Crippen molar-refractivity contribution in [3.05, 3.63) is 105 Å². The topological polar surface area (TPSA) is 99.6 Å². The van der Waals surface area contributed by atoms with Crippen molar-refractivity contribution >= 4 is 70.6 Å². The number of hydrogen-bond donors (Lipinski definition) is 0. The molecule has 8 nitrogen and oxygen atoms in total. The fourth-order valence-electron chi connectivity index (χ4n) is 3.63. The molecule has 11 heteroatoms. The van der Waals surface area contributed by atoms with E-state index >= 15 is 0 Å². The molecule has 0 aliphatic rings. The molecule has 0 aliphatic heterocycles. The summed E-state index contributed by atoms with van der Waals surface area (Å²) in [5.74, 6) is 0.513. The van der Waals surface area contributed by atoms with E-state index in [2.05, 4.69) is 52.9 Å². The summed E-state index contributed by atoms with van der Waals surface area (Å²) in [7, 11) is 0. The molecule has 1 aromatic heterocycles. The quantitative estimate of drug-likeness (QED) is 0.108. The van der Waals surface area contributed by atoms with E-state index in [4.69, 9.17) is 9.72 Å². The second-order valence-electron chi connectivity index (χ2n) is 8.28. The molecule has 0 radical (unpaired) electrons. The Morgan fingerprint density at radius 2 is 1.86 bits per heavy atom. The molecule has 0 fully saturated rings. The van der Waals surface area contributed by atoms with Gasteiger partial charge in [-0.3, -0.25) is 14.9 Å². The molecular weight excluding hydrogens is 672 g/mol. The number of aromatic nitrogens is 2. The van der Waals surface area contributed by atoms with E-state index in [1.165, 1.54) is 17.0 Å². The SMILES string of the molecule is CC[C@@H](C)c1nc2ccc(Br)cc2c(=O)n1N=Cc1cccc([N+](=O)[O-])c1OCc1ccc(Br)cc1Br. The Balaban J connectivity index is 1.80. The lowest BCUT2D eigenvalue weighted by Crippen LogP contribution is -2.23. The van der Waals surface area contributed by atoms with E-state index in [1.807, 2.05) is 38.1 Å². The van der Waals surface area contributed by atoms with E-state index in [0.29, 0.717) is 22.3 Å². The summed E-state index contributed by atoms with van der Waals surface area (Å²) >= 11 is 10.3. The summed E-state index contributed by atoms with van der Waals surface area (Å²) in [6.07, 6.45) is 2.15. The third-order valence-corrected chi connectivity index (χ3v) is 7.53. The number of hydrogen-bond acceptors (Lipinski definition) is 6. The number of nitro benzene ring substituents is 1. The second kappa shape index (κ2) is 11.7. The standard InChI is InChI=1S/C26H21Br3N4O4/c1-3-15(2)25-31-22-10-9-18(27)11-20(22)26(34)32(25)30-13-16-5-4-6-23(33(35)36)24(16)37-14-17-7-8-19(28)12-21(17)29/h4-13,15H,3,14H2,1-2H3/t15-/m1/s1. The Morgan fingerprint density at radius 1 is 1.14 bits per heavy atom. The lowest BCUT2D eigenvalue weighted by molar-refractivity contribution is -0.386. The van der Waals surface area contributed by atoms with E-state index in [-0.39, 0.29) is 29.5 Å². The maximum atomic E-state index is 13.4. The molecule has 0 spiro atoms. The van der Waals surface area contributed by atoms with Gasteiger partial charge in [-0.1, -0.05) is 73.8 Å². The summed E-state index contributed by atoms with van der Waals surface area (Å²) in [6, 6.07) is 15.5. The Bertz CT molecular complexity index is 1590. The Hall–Kier alpha value is -2.89. The van der Waals surface area contributed by atoms with Gasteiger partial charge < -0.3 is 4.74 Å². The van der Waals surface area contributed by atoms with Gasteiger partial charge in [0.15, 0.2) is 0 Å². The van der Waals surface area contributed by atoms with Crippen LogP contribution in [0, 0.1) is 10.1 Å². The third kappa shape index (κ3) is 6.00. The molecule has 0 saturated carbocycles. The van der Waals surface area contributed by atoms with E-state index in [0.717, 1.165) is 25.4 Å².